The number of aromatic nitrogens is 2. The third kappa shape index (κ3) is 2.94. The number of rotatable bonds is 2. The molecule has 0 aliphatic heterocycles. The average Bonchev–Trinajstić information content (AvgIpc) is 2.33. The number of amides is 1. The van der Waals surface area contributed by atoms with E-state index in [1.54, 1.807) is 0 Å². The highest BCUT2D eigenvalue weighted by Crippen LogP contribution is 2.26. The molecule has 1 amide bonds. The maximum absolute atomic E-state index is 13.5. The van der Waals surface area contributed by atoms with Gasteiger partial charge >= 0.3 is 0 Å². The van der Waals surface area contributed by atoms with Crippen molar-refractivity contribution in [2.45, 2.75) is 0 Å². The maximum atomic E-state index is 13.5. The first-order chi connectivity index (χ1) is 8.97. The minimum atomic E-state index is -0.991. The lowest BCUT2D eigenvalue weighted by Crippen LogP contribution is -2.16. The van der Waals surface area contributed by atoms with Crippen LogP contribution in [0.5, 0.6) is 0 Å². The quantitative estimate of drug-likeness (QED) is 0.886. The molecule has 5 nitrogen and oxygen atoms in total. The molecule has 1 heterocycles. The van der Waals surface area contributed by atoms with Crippen LogP contribution in [0, 0.1) is 11.6 Å². The number of carbonyl (C=O) groups is 1. The van der Waals surface area contributed by atoms with Crippen molar-refractivity contribution in [3.63, 3.8) is 0 Å². The molecule has 0 aliphatic carbocycles. The van der Waals surface area contributed by atoms with Gasteiger partial charge in [-0.25, -0.2) is 13.8 Å². The van der Waals surface area contributed by atoms with Crippen molar-refractivity contribution >= 4 is 29.0 Å². The van der Waals surface area contributed by atoms with E-state index in [9.17, 15) is 13.6 Å². The summed E-state index contributed by atoms with van der Waals surface area (Å²) < 4.78 is 26.3. The molecule has 3 N–H and O–H groups in total. The van der Waals surface area contributed by atoms with E-state index in [-0.39, 0.29) is 22.2 Å². The van der Waals surface area contributed by atoms with E-state index in [1.165, 1.54) is 6.20 Å². The minimum absolute atomic E-state index is 0.0401. The summed E-state index contributed by atoms with van der Waals surface area (Å²) in [6.45, 7) is 0. The average molecular weight is 285 g/mol. The van der Waals surface area contributed by atoms with Gasteiger partial charge < -0.3 is 11.1 Å². The van der Waals surface area contributed by atoms with Gasteiger partial charge in [0.05, 0.1) is 23.1 Å². The fraction of sp³-hybridized carbons (Fsp3) is 0. The standard InChI is InChI=1S/C11H7ClF2N4O/c12-6-1-5(13)2-7(14)10(6)18-11(19)8-3-16-4-9(15)17-8/h1-4H,(H2,15,17)(H,18,19). The summed E-state index contributed by atoms with van der Waals surface area (Å²) in [4.78, 5) is 19.1. The van der Waals surface area contributed by atoms with Crippen molar-refractivity contribution in [1.82, 2.24) is 9.97 Å². The van der Waals surface area contributed by atoms with Crippen molar-refractivity contribution in [1.29, 1.82) is 0 Å². The molecule has 19 heavy (non-hydrogen) atoms. The molecule has 2 aromatic rings. The van der Waals surface area contributed by atoms with E-state index in [4.69, 9.17) is 17.3 Å². The molecule has 0 spiro atoms. The summed E-state index contributed by atoms with van der Waals surface area (Å²) >= 11 is 5.64. The van der Waals surface area contributed by atoms with Gasteiger partial charge in [-0.1, -0.05) is 11.6 Å². The van der Waals surface area contributed by atoms with E-state index in [1.807, 2.05) is 0 Å². The molecule has 0 atom stereocenters. The Morgan fingerprint density at radius 1 is 1.32 bits per heavy atom. The molecule has 0 unspecified atom stereocenters. The van der Waals surface area contributed by atoms with Crippen LogP contribution >= 0.6 is 11.6 Å². The SMILES string of the molecule is Nc1cncc(C(=O)Nc2c(F)cc(F)cc2Cl)n1. The van der Waals surface area contributed by atoms with Crippen molar-refractivity contribution in [2.75, 3.05) is 11.1 Å². The Kier molecular flexibility index (Phi) is 3.57. The molecule has 0 aliphatic rings. The zero-order valence-electron chi connectivity index (χ0n) is 9.32. The second-order valence-corrected chi connectivity index (χ2v) is 3.93. The Bertz CT molecular complexity index is 627. The van der Waals surface area contributed by atoms with E-state index >= 15 is 0 Å². The molecule has 2 rings (SSSR count). The molecule has 1 aromatic carbocycles. The zero-order valence-corrected chi connectivity index (χ0v) is 10.1. The van der Waals surface area contributed by atoms with Gasteiger partial charge in [-0.15, -0.1) is 0 Å². The number of benzene rings is 1. The van der Waals surface area contributed by atoms with Crippen LogP contribution in [0.2, 0.25) is 5.02 Å². The number of anilines is 2. The molecule has 0 bridgehead atoms. The summed E-state index contributed by atoms with van der Waals surface area (Å²) in [5, 5.41) is 1.92. The minimum Gasteiger partial charge on any atom is -0.382 e. The second kappa shape index (κ2) is 5.15. The van der Waals surface area contributed by atoms with Crippen LogP contribution in [0.1, 0.15) is 10.5 Å². The molecule has 1 aromatic heterocycles. The molecule has 0 saturated carbocycles. The molecular weight excluding hydrogens is 278 g/mol. The Morgan fingerprint density at radius 3 is 2.68 bits per heavy atom. The number of hydrogen-bond acceptors (Lipinski definition) is 4. The van der Waals surface area contributed by atoms with Crippen LogP contribution in [-0.2, 0) is 0 Å². The largest absolute Gasteiger partial charge is 0.382 e. The lowest BCUT2D eigenvalue weighted by molar-refractivity contribution is 0.102. The van der Waals surface area contributed by atoms with Gasteiger partial charge in [-0.3, -0.25) is 9.78 Å². The van der Waals surface area contributed by atoms with E-state index in [0.29, 0.717) is 6.07 Å². The van der Waals surface area contributed by atoms with Crippen molar-refractivity contribution < 1.29 is 13.6 Å². The van der Waals surface area contributed by atoms with Crippen LogP contribution in [0.4, 0.5) is 20.3 Å². The predicted molar refractivity (Wildman–Crippen MR) is 65.8 cm³/mol. The first-order valence-electron chi connectivity index (χ1n) is 5.01. The highest BCUT2D eigenvalue weighted by molar-refractivity contribution is 6.33. The number of hydrogen-bond donors (Lipinski definition) is 2. The lowest BCUT2D eigenvalue weighted by Gasteiger charge is -2.08. The number of halogens is 3. The van der Waals surface area contributed by atoms with Crippen molar-refractivity contribution in [3.8, 4) is 0 Å². The first-order valence-corrected chi connectivity index (χ1v) is 5.38. The highest BCUT2D eigenvalue weighted by atomic mass is 35.5. The Hall–Kier alpha value is -2.28. The smallest absolute Gasteiger partial charge is 0.276 e. The third-order valence-corrected chi connectivity index (χ3v) is 2.43. The second-order valence-electron chi connectivity index (χ2n) is 3.53. The topological polar surface area (TPSA) is 80.9 Å². The van der Waals surface area contributed by atoms with Gasteiger partial charge in [0.15, 0.2) is 5.82 Å². The van der Waals surface area contributed by atoms with E-state index < -0.39 is 17.5 Å². The fourth-order valence-corrected chi connectivity index (χ4v) is 1.57. The van der Waals surface area contributed by atoms with E-state index in [2.05, 4.69) is 15.3 Å². The Balaban J connectivity index is 2.29. The number of nitrogens with two attached hydrogens (primary N) is 1. The van der Waals surface area contributed by atoms with Crippen LogP contribution in [-0.4, -0.2) is 15.9 Å². The molecule has 98 valence electrons. The predicted octanol–water partition coefficient (Wildman–Crippen LogP) is 2.24. The van der Waals surface area contributed by atoms with Gasteiger partial charge in [0, 0.05) is 6.07 Å². The van der Waals surface area contributed by atoms with E-state index in [0.717, 1.165) is 12.3 Å². The molecular formula is C11H7ClF2N4O. The fourth-order valence-electron chi connectivity index (χ4n) is 1.33. The summed E-state index contributed by atoms with van der Waals surface area (Å²) in [7, 11) is 0. The van der Waals surface area contributed by atoms with Crippen LogP contribution in [0.15, 0.2) is 24.5 Å². The summed E-state index contributed by atoms with van der Waals surface area (Å²) in [5.74, 6) is -2.55. The monoisotopic (exact) mass is 284 g/mol. The van der Waals surface area contributed by atoms with Crippen LogP contribution in [0.25, 0.3) is 0 Å². The summed E-state index contributed by atoms with van der Waals surface area (Å²) in [5.41, 5.74) is 4.92. The number of carbonyl (C=O) groups excluding carboxylic acids is 1. The molecule has 0 radical (unpaired) electrons. The van der Waals surface area contributed by atoms with Crippen molar-refractivity contribution in [2.24, 2.45) is 0 Å². The van der Waals surface area contributed by atoms with Gasteiger partial charge in [0.25, 0.3) is 5.91 Å². The Labute approximate surface area is 111 Å². The first kappa shape index (κ1) is 13.2. The van der Waals surface area contributed by atoms with Gasteiger partial charge in [0.2, 0.25) is 0 Å². The normalized spacial score (nSPS) is 10.3. The van der Waals surface area contributed by atoms with Crippen LogP contribution < -0.4 is 11.1 Å². The van der Waals surface area contributed by atoms with Gasteiger partial charge in [0.1, 0.15) is 17.3 Å². The van der Waals surface area contributed by atoms with Gasteiger partial charge in [-0.2, -0.15) is 0 Å². The third-order valence-electron chi connectivity index (χ3n) is 2.13. The molecule has 0 saturated heterocycles. The number of nitrogen functional groups attached to an aromatic ring is 1. The summed E-state index contributed by atoms with van der Waals surface area (Å²) in [6.07, 6.45) is 2.41. The highest BCUT2D eigenvalue weighted by Gasteiger charge is 2.15. The van der Waals surface area contributed by atoms with Gasteiger partial charge in [-0.05, 0) is 6.07 Å². The number of nitrogens with one attached hydrogen (secondary N) is 1. The van der Waals surface area contributed by atoms with Crippen LogP contribution in [0.3, 0.4) is 0 Å². The Morgan fingerprint density at radius 2 is 2.05 bits per heavy atom. The molecule has 8 heteroatoms. The molecule has 0 fully saturated rings. The maximum Gasteiger partial charge on any atom is 0.276 e. The van der Waals surface area contributed by atoms with Crippen molar-refractivity contribution in [3.05, 3.63) is 46.9 Å². The lowest BCUT2D eigenvalue weighted by atomic mass is 10.3. The summed E-state index contributed by atoms with van der Waals surface area (Å²) in [6, 6.07) is 1.48. The zero-order chi connectivity index (χ0) is 14.0. The number of nitrogens with zero attached hydrogens (tertiary/aromatic N) is 2.